The minimum Gasteiger partial charge on any atom is -0.480 e. The zero-order chi connectivity index (χ0) is 19.1. The molecule has 1 saturated heterocycles. The maximum Gasteiger partial charge on any atom is 0.323 e. The first-order chi connectivity index (χ1) is 12.4. The van der Waals surface area contributed by atoms with Gasteiger partial charge in [-0.1, -0.05) is 0 Å². The van der Waals surface area contributed by atoms with Crippen LogP contribution in [0.1, 0.15) is 23.2 Å². The number of carbonyl (C=O) groups excluding carboxylic acids is 2. The molecule has 1 aliphatic rings. The molecule has 0 aliphatic carbocycles. The van der Waals surface area contributed by atoms with E-state index in [1.807, 2.05) is 0 Å². The van der Waals surface area contributed by atoms with Crippen molar-refractivity contribution in [3.63, 3.8) is 0 Å². The van der Waals surface area contributed by atoms with Gasteiger partial charge >= 0.3 is 5.97 Å². The van der Waals surface area contributed by atoms with Gasteiger partial charge in [0.1, 0.15) is 12.4 Å². The summed E-state index contributed by atoms with van der Waals surface area (Å²) >= 11 is 0. The Morgan fingerprint density at radius 2 is 2.00 bits per heavy atom. The van der Waals surface area contributed by atoms with Gasteiger partial charge in [0.25, 0.3) is 5.91 Å². The summed E-state index contributed by atoms with van der Waals surface area (Å²) in [7, 11) is 1.48. The van der Waals surface area contributed by atoms with Crippen LogP contribution < -0.4 is 0 Å². The van der Waals surface area contributed by atoms with Crippen LogP contribution in [0.2, 0.25) is 0 Å². The van der Waals surface area contributed by atoms with Gasteiger partial charge in [0.05, 0.1) is 12.5 Å². The first-order valence-corrected chi connectivity index (χ1v) is 8.46. The second-order valence-electron chi connectivity index (χ2n) is 6.24. The molecular weight excluding hydrogens is 343 g/mol. The highest BCUT2D eigenvalue weighted by molar-refractivity contribution is 5.94. The molecule has 0 bridgehead atoms. The van der Waals surface area contributed by atoms with Gasteiger partial charge in [0.15, 0.2) is 0 Å². The zero-order valence-corrected chi connectivity index (χ0v) is 14.7. The normalized spacial score (nSPS) is 17.0. The molecule has 1 unspecified atom stereocenters. The van der Waals surface area contributed by atoms with Crippen LogP contribution in [0.25, 0.3) is 0 Å². The topological polar surface area (TPSA) is 87.2 Å². The molecule has 0 spiro atoms. The lowest BCUT2D eigenvalue weighted by atomic mass is 9.95. The zero-order valence-electron chi connectivity index (χ0n) is 14.7. The van der Waals surface area contributed by atoms with Crippen molar-refractivity contribution in [1.29, 1.82) is 0 Å². The molecule has 0 aromatic heterocycles. The van der Waals surface area contributed by atoms with Gasteiger partial charge in [-0.25, -0.2) is 4.39 Å². The van der Waals surface area contributed by atoms with Crippen LogP contribution in [0.3, 0.4) is 0 Å². The number of ether oxygens (including phenoxy) is 1. The predicted octanol–water partition coefficient (Wildman–Crippen LogP) is 1.24. The average molecular weight is 366 g/mol. The first-order valence-electron chi connectivity index (χ1n) is 8.46. The molecule has 2 rings (SSSR count). The largest absolute Gasteiger partial charge is 0.480 e. The second-order valence-corrected chi connectivity index (χ2v) is 6.24. The van der Waals surface area contributed by atoms with Crippen molar-refractivity contribution in [3.05, 3.63) is 35.6 Å². The molecule has 1 aromatic rings. The Kier molecular flexibility index (Phi) is 7.08. The third-order valence-electron chi connectivity index (χ3n) is 4.35. The lowest BCUT2D eigenvalue weighted by molar-refractivity contribution is -0.147. The highest BCUT2D eigenvalue weighted by atomic mass is 19.1. The predicted molar refractivity (Wildman–Crippen MR) is 91.1 cm³/mol. The fourth-order valence-electron chi connectivity index (χ4n) is 3.03. The second kappa shape index (κ2) is 9.28. The molecule has 26 heavy (non-hydrogen) atoms. The third-order valence-corrected chi connectivity index (χ3v) is 4.35. The third kappa shape index (κ3) is 5.26. The van der Waals surface area contributed by atoms with E-state index in [-0.39, 0.29) is 31.5 Å². The van der Waals surface area contributed by atoms with Gasteiger partial charge in [0, 0.05) is 32.3 Å². The summed E-state index contributed by atoms with van der Waals surface area (Å²) in [6, 6.07) is 5.27. The van der Waals surface area contributed by atoms with E-state index in [0.29, 0.717) is 24.9 Å². The summed E-state index contributed by atoms with van der Waals surface area (Å²) in [5.74, 6) is -2.52. The van der Waals surface area contributed by atoms with Crippen molar-refractivity contribution in [2.75, 3.05) is 39.9 Å². The van der Waals surface area contributed by atoms with Crippen molar-refractivity contribution in [3.8, 4) is 0 Å². The fourth-order valence-corrected chi connectivity index (χ4v) is 3.03. The molecule has 1 atom stereocenters. The summed E-state index contributed by atoms with van der Waals surface area (Å²) < 4.78 is 18.0. The Morgan fingerprint density at radius 1 is 1.31 bits per heavy atom. The number of carboxylic acids is 1. The van der Waals surface area contributed by atoms with E-state index in [1.54, 1.807) is 4.90 Å². The molecule has 7 nitrogen and oxygen atoms in total. The SMILES string of the molecule is COCCN(CC(=O)O)C(=O)C1CCCN(C(=O)c2ccc(F)cc2)C1. The molecule has 8 heteroatoms. The maximum absolute atomic E-state index is 13.0. The Morgan fingerprint density at radius 3 is 2.62 bits per heavy atom. The van der Waals surface area contributed by atoms with E-state index in [0.717, 1.165) is 0 Å². The van der Waals surface area contributed by atoms with E-state index in [4.69, 9.17) is 9.84 Å². The number of hydrogen-bond donors (Lipinski definition) is 1. The van der Waals surface area contributed by atoms with Crippen molar-refractivity contribution >= 4 is 17.8 Å². The Hall–Kier alpha value is -2.48. The summed E-state index contributed by atoms with van der Waals surface area (Å²) in [6.45, 7) is 0.758. The van der Waals surface area contributed by atoms with E-state index in [9.17, 15) is 18.8 Å². The van der Waals surface area contributed by atoms with Crippen LogP contribution in [-0.4, -0.2) is 72.6 Å². The standard InChI is InChI=1S/C18H23FN2O5/c1-26-10-9-21(12-16(22)23)18(25)14-3-2-8-20(11-14)17(24)13-4-6-15(19)7-5-13/h4-7,14H,2-3,8-12H2,1H3,(H,22,23). The van der Waals surface area contributed by atoms with Crippen LogP contribution in [0, 0.1) is 11.7 Å². The van der Waals surface area contributed by atoms with Gasteiger partial charge < -0.3 is 19.6 Å². The van der Waals surface area contributed by atoms with Crippen molar-refractivity contribution in [2.24, 2.45) is 5.92 Å². The number of halogens is 1. The molecule has 1 aliphatic heterocycles. The molecule has 1 aromatic carbocycles. The highest BCUT2D eigenvalue weighted by Gasteiger charge is 2.32. The van der Waals surface area contributed by atoms with Gasteiger partial charge in [-0.15, -0.1) is 0 Å². The van der Waals surface area contributed by atoms with E-state index < -0.39 is 24.2 Å². The number of rotatable bonds is 7. The molecule has 2 amide bonds. The van der Waals surface area contributed by atoms with Crippen LogP contribution in [-0.2, 0) is 14.3 Å². The highest BCUT2D eigenvalue weighted by Crippen LogP contribution is 2.21. The van der Waals surface area contributed by atoms with Gasteiger partial charge in [-0.3, -0.25) is 14.4 Å². The lowest BCUT2D eigenvalue weighted by Gasteiger charge is -2.34. The number of carbonyl (C=O) groups is 3. The molecule has 0 saturated carbocycles. The number of methoxy groups -OCH3 is 1. The fraction of sp³-hybridized carbons (Fsp3) is 0.500. The first kappa shape index (κ1) is 19.8. The van der Waals surface area contributed by atoms with Crippen LogP contribution in [0.5, 0.6) is 0 Å². The maximum atomic E-state index is 13.0. The van der Waals surface area contributed by atoms with Crippen molar-refractivity contribution in [2.45, 2.75) is 12.8 Å². The molecule has 0 radical (unpaired) electrons. The monoisotopic (exact) mass is 366 g/mol. The smallest absolute Gasteiger partial charge is 0.323 e. The number of hydrogen-bond acceptors (Lipinski definition) is 4. The molecule has 142 valence electrons. The average Bonchev–Trinajstić information content (AvgIpc) is 2.64. The summed E-state index contributed by atoms with van der Waals surface area (Å²) in [6.07, 6.45) is 1.24. The number of piperidine rings is 1. The molecule has 1 fully saturated rings. The Labute approximate surface area is 151 Å². The van der Waals surface area contributed by atoms with Gasteiger partial charge in [-0.2, -0.15) is 0 Å². The Bertz CT molecular complexity index is 649. The molecular formula is C18H23FN2O5. The van der Waals surface area contributed by atoms with Gasteiger partial charge in [0.2, 0.25) is 5.91 Å². The minimum absolute atomic E-state index is 0.185. The number of amides is 2. The van der Waals surface area contributed by atoms with E-state index in [2.05, 4.69) is 0 Å². The van der Waals surface area contributed by atoms with E-state index in [1.165, 1.54) is 36.3 Å². The summed E-state index contributed by atoms with van der Waals surface area (Å²) in [4.78, 5) is 39.1. The van der Waals surface area contributed by atoms with Crippen LogP contribution >= 0.6 is 0 Å². The molecule has 1 N–H and O–H groups in total. The number of carboxylic acid groups (broad SMARTS) is 1. The van der Waals surface area contributed by atoms with Crippen molar-refractivity contribution < 1.29 is 28.6 Å². The van der Waals surface area contributed by atoms with Gasteiger partial charge in [-0.05, 0) is 37.1 Å². The van der Waals surface area contributed by atoms with Crippen LogP contribution in [0.15, 0.2) is 24.3 Å². The number of aliphatic carboxylic acids is 1. The quantitative estimate of drug-likeness (QED) is 0.784. The van der Waals surface area contributed by atoms with Crippen molar-refractivity contribution in [1.82, 2.24) is 9.80 Å². The lowest BCUT2D eigenvalue weighted by Crippen LogP contribution is -2.48. The van der Waals surface area contributed by atoms with Crippen LogP contribution in [0.4, 0.5) is 4.39 Å². The Balaban J connectivity index is 2.05. The summed E-state index contributed by atoms with van der Waals surface area (Å²) in [5.41, 5.74) is 0.362. The minimum atomic E-state index is -1.09. The summed E-state index contributed by atoms with van der Waals surface area (Å²) in [5, 5.41) is 9.01. The molecule has 1 heterocycles. The number of nitrogens with zero attached hydrogens (tertiary/aromatic N) is 2. The number of benzene rings is 1. The van der Waals surface area contributed by atoms with E-state index >= 15 is 0 Å². The number of likely N-dealkylation sites (tertiary alicyclic amines) is 1.